The number of fused-ring (bicyclic) bond motifs is 1. The van der Waals surface area contributed by atoms with Crippen molar-refractivity contribution < 1.29 is 9.53 Å². The number of nitrogens with zero attached hydrogens (tertiary/aromatic N) is 1. The number of carbonyl (C=O) groups excluding carboxylic acids is 1. The zero-order chi connectivity index (χ0) is 12.3. The van der Waals surface area contributed by atoms with Crippen molar-refractivity contribution in [2.45, 2.75) is 25.7 Å². The number of aryl methyl sites for hydroxylation is 1. The fourth-order valence-electron chi connectivity index (χ4n) is 2.02. The molecule has 0 amide bonds. The van der Waals surface area contributed by atoms with Gasteiger partial charge in [0.05, 0.1) is 5.88 Å². The Labute approximate surface area is 105 Å². The van der Waals surface area contributed by atoms with Crippen LogP contribution >= 0.6 is 11.6 Å². The molecule has 4 heteroatoms. The SMILES string of the molecule is O=C(CCl)c1ccc2c(c1)CCCCC=[N+]2[O-]. The monoisotopic (exact) mass is 251 g/mol. The molecule has 2 rings (SSSR count). The predicted octanol–water partition coefficient (Wildman–Crippen LogP) is 3.05. The number of alkyl halides is 1. The molecule has 0 spiro atoms. The Morgan fingerprint density at radius 1 is 1.41 bits per heavy atom. The van der Waals surface area contributed by atoms with Crippen molar-refractivity contribution in [1.29, 1.82) is 0 Å². The smallest absolute Gasteiger partial charge is 0.219 e. The standard InChI is InChI=1S/C13H14ClNO2/c14-9-13(16)11-5-6-12-10(8-11)4-2-1-3-7-15(12)17/h5-8H,1-4,9H2. The van der Waals surface area contributed by atoms with Crippen molar-refractivity contribution in [2.24, 2.45) is 0 Å². The lowest BCUT2D eigenvalue weighted by Gasteiger charge is -2.12. The molecule has 0 aromatic heterocycles. The van der Waals surface area contributed by atoms with Crippen molar-refractivity contribution in [3.05, 3.63) is 34.5 Å². The molecule has 1 aliphatic rings. The summed E-state index contributed by atoms with van der Waals surface area (Å²) in [5.74, 6) is -0.121. The van der Waals surface area contributed by atoms with Crippen LogP contribution in [0.3, 0.4) is 0 Å². The highest BCUT2D eigenvalue weighted by Gasteiger charge is 2.15. The average Bonchev–Trinajstić information content (AvgIpc) is 2.34. The van der Waals surface area contributed by atoms with Gasteiger partial charge in [-0.15, -0.1) is 11.6 Å². The largest absolute Gasteiger partial charge is 0.619 e. The minimum atomic E-state index is -0.0991. The van der Waals surface area contributed by atoms with Gasteiger partial charge in [0.15, 0.2) is 12.0 Å². The molecular weight excluding hydrogens is 238 g/mol. The summed E-state index contributed by atoms with van der Waals surface area (Å²) in [5.41, 5.74) is 2.18. The highest BCUT2D eigenvalue weighted by molar-refractivity contribution is 6.30. The zero-order valence-corrected chi connectivity index (χ0v) is 10.2. The molecule has 0 N–H and O–H groups in total. The van der Waals surface area contributed by atoms with Gasteiger partial charge in [0, 0.05) is 23.6 Å². The maximum Gasteiger partial charge on any atom is 0.219 e. The average molecular weight is 252 g/mol. The van der Waals surface area contributed by atoms with E-state index in [0.29, 0.717) is 11.3 Å². The molecule has 0 saturated heterocycles. The van der Waals surface area contributed by atoms with E-state index >= 15 is 0 Å². The van der Waals surface area contributed by atoms with Gasteiger partial charge in [0.1, 0.15) is 0 Å². The van der Waals surface area contributed by atoms with Crippen LogP contribution in [0, 0.1) is 5.21 Å². The van der Waals surface area contributed by atoms with E-state index in [0.717, 1.165) is 36.0 Å². The van der Waals surface area contributed by atoms with Gasteiger partial charge in [0.2, 0.25) is 5.69 Å². The summed E-state index contributed by atoms with van der Waals surface area (Å²) in [5, 5.41) is 11.8. The molecule has 1 aromatic carbocycles. The van der Waals surface area contributed by atoms with Crippen LogP contribution in [0.1, 0.15) is 35.2 Å². The van der Waals surface area contributed by atoms with Crippen LogP contribution in [-0.4, -0.2) is 22.6 Å². The second-order valence-electron chi connectivity index (χ2n) is 4.15. The van der Waals surface area contributed by atoms with Crippen LogP contribution in [0.4, 0.5) is 5.69 Å². The summed E-state index contributed by atoms with van der Waals surface area (Å²) in [6.45, 7) is 0. The summed E-state index contributed by atoms with van der Waals surface area (Å²) in [7, 11) is 0. The van der Waals surface area contributed by atoms with Gasteiger partial charge in [-0.05, 0) is 31.4 Å². The molecule has 0 atom stereocenters. The van der Waals surface area contributed by atoms with Gasteiger partial charge in [-0.25, -0.2) is 0 Å². The first kappa shape index (κ1) is 12.1. The van der Waals surface area contributed by atoms with E-state index in [1.807, 2.05) is 0 Å². The Bertz CT molecular complexity index is 468. The number of benzene rings is 1. The zero-order valence-electron chi connectivity index (χ0n) is 9.49. The molecule has 90 valence electrons. The lowest BCUT2D eigenvalue weighted by molar-refractivity contribution is -0.357. The lowest BCUT2D eigenvalue weighted by atomic mass is 10.00. The summed E-state index contributed by atoms with van der Waals surface area (Å²) in [4.78, 5) is 11.5. The molecule has 0 saturated carbocycles. The molecule has 3 nitrogen and oxygen atoms in total. The number of hydrogen-bond donors (Lipinski definition) is 0. The first-order chi connectivity index (χ1) is 8.22. The summed E-state index contributed by atoms with van der Waals surface area (Å²) in [6, 6.07) is 5.18. The third kappa shape index (κ3) is 2.67. The lowest BCUT2D eigenvalue weighted by Crippen LogP contribution is -2.07. The third-order valence-corrected chi connectivity index (χ3v) is 3.20. The quantitative estimate of drug-likeness (QED) is 0.351. The second-order valence-corrected chi connectivity index (χ2v) is 4.42. The third-order valence-electron chi connectivity index (χ3n) is 2.96. The van der Waals surface area contributed by atoms with Crippen LogP contribution in [0.2, 0.25) is 0 Å². The van der Waals surface area contributed by atoms with Gasteiger partial charge >= 0.3 is 0 Å². The topological polar surface area (TPSA) is 43.1 Å². The Morgan fingerprint density at radius 2 is 2.24 bits per heavy atom. The number of halogens is 1. The highest BCUT2D eigenvalue weighted by atomic mass is 35.5. The van der Waals surface area contributed by atoms with E-state index in [1.54, 1.807) is 24.4 Å². The minimum Gasteiger partial charge on any atom is -0.619 e. The molecule has 1 aliphatic heterocycles. The highest BCUT2D eigenvalue weighted by Crippen LogP contribution is 2.24. The van der Waals surface area contributed by atoms with E-state index in [1.165, 1.54) is 0 Å². The summed E-state index contributed by atoms with van der Waals surface area (Å²) >= 11 is 5.53. The molecule has 1 heterocycles. The van der Waals surface area contributed by atoms with Crippen molar-refractivity contribution in [2.75, 3.05) is 5.88 Å². The maximum atomic E-state index is 11.8. The number of Topliss-reactive ketones (excluding diaryl/α,β-unsaturated/α-hetero) is 1. The number of carbonyl (C=O) groups is 1. The van der Waals surface area contributed by atoms with E-state index in [2.05, 4.69) is 0 Å². The van der Waals surface area contributed by atoms with E-state index in [-0.39, 0.29) is 11.7 Å². The van der Waals surface area contributed by atoms with E-state index in [9.17, 15) is 10.0 Å². The van der Waals surface area contributed by atoms with Crippen molar-refractivity contribution >= 4 is 29.3 Å². The first-order valence-corrected chi connectivity index (χ1v) is 6.27. The van der Waals surface area contributed by atoms with Crippen LogP contribution in [-0.2, 0) is 6.42 Å². The van der Waals surface area contributed by atoms with Crippen LogP contribution in [0.5, 0.6) is 0 Å². The van der Waals surface area contributed by atoms with Crippen LogP contribution < -0.4 is 0 Å². The van der Waals surface area contributed by atoms with Crippen molar-refractivity contribution in [3.63, 3.8) is 0 Å². The molecule has 0 fully saturated rings. The Balaban J connectivity index is 2.42. The van der Waals surface area contributed by atoms with Gasteiger partial charge in [-0.1, -0.05) is 0 Å². The second kappa shape index (κ2) is 5.32. The molecule has 0 radical (unpaired) electrons. The van der Waals surface area contributed by atoms with E-state index in [4.69, 9.17) is 11.6 Å². The first-order valence-electron chi connectivity index (χ1n) is 5.74. The molecular formula is C13H14ClNO2. The van der Waals surface area contributed by atoms with Gasteiger partial charge in [-0.2, -0.15) is 4.74 Å². The Kier molecular flexibility index (Phi) is 3.79. The van der Waals surface area contributed by atoms with E-state index < -0.39 is 0 Å². The van der Waals surface area contributed by atoms with Gasteiger partial charge in [-0.3, -0.25) is 4.79 Å². The maximum absolute atomic E-state index is 11.8. The number of rotatable bonds is 2. The van der Waals surface area contributed by atoms with Crippen LogP contribution in [0.15, 0.2) is 18.2 Å². The normalized spacial score (nSPS) is 15.5. The molecule has 1 aromatic rings. The van der Waals surface area contributed by atoms with Crippen molar-refractivity contribution in [3.8, 4) is 0 Å². The predicted molar refractivity (Wildman–Crippen MR) is 68.4 cm³/mol. The fourth-order valence-corrected chi connectivity index (χ4v) is 2.17. The molecule has 0 bridgehead atoms. The fraction of sp³-hybridized carbons (Fsp3) is 0.385. The number of ketones is 1. The summed E-state index contributed by atoms with van der Waals surface area (Å²) in [6.07, 6.45) is 5.35. The number of hydrogen-bond acceptors (Lipinski definition) is 2. The van der Waals surface area contributed by atoms with Gasteiger partial charge in [0.25, 0.3) is 0 Å². The Morgan fingerprint density at radius 3 is 3.00 bits per heavy atom. The van der Waals surface area contributed by atoms with Crippen molar-refractivity contribution in [1.82, 2.24) is 0 Å². The van der Waals surface area contributed by atoms with Crippen LogP contribution in [0.25, 0.3) is 0 Å². The minimum absolute atomic E-state index is 0.0218. The molecule has 17 heavy (non-hydrogen) atoms. The molecule has 0 unspecified atom stereocenters. The molecule has 0 aliphatic carbocycles. The Hall–Kier alpha value is -1.35. The summed E-state index contributed by atoms with van der Waals surface area (Å²) < 4.78 is 0.906. The van der Waals surface area contributed by atoms with Gasteiger partial charge < -0.3 is 5.21 Å².